The molecule has 1 aromatic carbocycles. The molecule has 0 spiro atoms. The lowest BCUT2D eigenvalue weighted by Crippen LogP contribution is -2.30. The van der Waals surface area contributed by atoms with Crippen LogP contribution in [-0.2, 0) is 4.79 Å². The van der Waals surface area contributed by atoms with E-state index in [9.17, 15) is 4.79 Å². The van der Waals surface area contributed by atoms with Gasteiger partial charge in [0.25, 0.3) is 0 Å². The highest BCUT2D eigenvalue weighted by molar-refractivity contribution is 8.00. The topological polar surface area (TPSA) is 46.9 Å². The van der Waals surface area contributed by atoms with Gasteiger partial charge in [0.15, 0.2) is 5.16 Å². The molecule has 0 radical (unpaired) electrons. The van der Waals surface area contributed by atoms with Crippen LogP contribution in [0, 0.1) is 13.8 Å². The van der Waals surface area contributed by atoms with Crippen molar-refractivity contribution in [2.45, 2.75) is 43.5 Å². The summed E-state index contributed by atoms with van der Waals surface area (Å²) in [6, 6.07) is 6.45. The minimum absolute atomic E-state index is 0.0467. The van der Waals surface area contributed by atoms with Gasteiger partial charge in [-0.2, -0.15) is 0 Å². The Kier molecular flexibility index (Phi) is 4.52. The van der Waals surface area contributed by atoms with Crippen LogP contribution in [-0.4, -0.2) is 27.3 Å². The van der Waals surface area contributed by atoms with Gasteiger partial charge in [0.2, 0.25) is 5.91 Å². The van der Waals surface area contributed by atoms with Crippen LogP contribution < -0.4 is 5.32 Å². The van der Waals surface area contributed by atoms with E-state index in [1.54, 1.807) is 18.0 Å². The first-order valence-electron chi connectivity index (χ1n) is 7.70. The van der Waals surface area contributed by atoms with Crippen molar-refractivity contribution in [3.8, 4) is 5.69 Å². The average Bonchev–Trinajstić information content (AvgIpc) is 2.83. The highest BCUT2D eigenvalue weighted by Crippen LogP contribution is 2.29. The zero-order chi connectivity index (χ0) is 15.5. The Bertz CT molecular complexity index is 660. The van der Waals surface area contributed by atoms with E-state index >= 15 is 0 Å². The fraction of sp³-hybridized carbons (Fsp3) is 0.412. The predicted octanol–water partition coefficient (Wildman–Crippen LogP) is 3.25. The van der Waals surface area contributed by atoms with Gasteiger partial charge in [-0.25, -0.2) is 4.98 Å². The minimum Gasteiger partial charge on any atom is -0.355 e. The summed E-state index contributed by atoms with van der Waals surface area (Å²) >= 11 is 1.57. The second-order valence-electron chi connectivity index (χ2n) is 5.82. The van der Waals surface area contributed by atoms with Gasteiger partial charge < -0.3 is 5.32 Å². The summed E-state index contributed by atoms with van der Waals surface area (Å²) in [5, 5.41) is 3.82. The Morgan fingerprint density at radius 1 is 1.23 bits per heavy atom. The maximum absolute atomic E-state index is 12.1. The second-order valence-corrected chi connectivity index (χ2v) is 6.99. The molecule has 1 unspecified atom stereocenters. The monoisotopic (exact) mass is 315 g/mol. The first-order valence-corrected chi connectivity index (χ1v) is 8.58. The first-order chi connectivity index (χ1) is 10.6. The average molecular weight is 315 g/mol. The fourth-order valence-corrected chi connectivity index (χ4v) is 3.95. The largest absolute Gasteiger partial charge is 0.355 e. The molecule has 1 N–H and O–H groups in total. The van der Waals surface area contributed by atoms with Crippen LogP contribution in [0.15, 0.2) is 35.7 Å². The molecule has 22 heavy (non-hydrogen) atoms. The van der Waals surface area contributed by atoms with Gasteiger partial charge in [-0.05, 0) is 49.9 Å². The number of thioether (sulfide) groups is 1. The van der Waals surface area contributed by atoms with Crippen LogP contribution in [0.3, 0.4) is 0 Å². The van der Waals surface area contributed by atoms with E-state index in [2.05, 4.69) is 46.9 Å². The number of hydrogen-bond acceptors (Lipinski definition) is 3. The number of nitrogens with zero attached hydrogens (tertiary/aromatic N) is 2. The van der Waals surface area contributed by atoms with Gasteiger partial charge in [0.1, 0.15) is 0 Å². The molecule has 1 saturated heterocycles. The van der Waals surface area contributed by atoms with Crippen LogP contribution in [0.5, 0.6) is 0 Å². The van der Waals surface area contributed by atoms with E-state index in [-0.39, 0.29) is 11.2 Å². The van der Waals surface area contributed by atoms with Gasteiger partial charge >= 0.3 is 0 Å². The van der Waals surface area contributed by atoms with E-state index in [4.69, 9.17) is 0 Å². The molecule has 116 valence electrons. The van der Waals surface area contributed by atoms with Gasteiger partial charge in [0.05, 0.1) is 5.25 Å². The van der Waals surface area contributed by atoms with Gasteiger partial charge in [-0.3, -0.25) is 9.36 Å². The van der Waals surface area contributed by atoms with Crippen LogP contribution in [0.4, 0.5) is 0 Å². The third-order valence-electron chi connectivity index (χ3n) is 3.82. The zero-order valence-corrected chi connectivity index (χ0v) is 13.8. The van der Waals surface area contributed by atoms with Gasteiger partial charge in [-0.15, -0.1) is 0 Å². The summed E-state index contributed by atoms with van der Waals surface area (Å²) < 4.78 is 2.07. The molecule has 0 aliphatic carbocycles. The number of imidazole rings is 1. The Balaban J connectivity index is 1.87. The molecule has 2 heterocycles. The molecule has 1 atom stereocenters. The third-order valence-corrected chi connectivity index (χ3v) is 5.07. The molecule has 1 aromatic heterocycles. The minimum atomic E-state index is -0.0467. The SMILES string of the molecule is Cc1cc(C)cc(-n2ccnc2SC2CCCCNC2=O)c1. The third kappa shape index (κ3) is 3.35. The Hall–Kier alpha value is -1.75. The first kappa shape index (κ1) is 15.2. The highest BCUT2D eigenvalue weighted by atomic mass is 32.2. The Labute approximate surface area is 135 Å². The zero-order valence-electron chi connectivity index (χ0n) is 13.0. The van der Waals surface area contributed by atoms with Crippen LogP contribution in [0.25, 0.3) is 5.69 Å². The van der Waals surface area contributed by atoms with Crippen molar-refractivity contribution in [2.24, 2.45) is 0 Å². The molecule has 4 nitrogen and oxygen atoms in total. The van der Waals surface area contributed by atoms with Crippen molar-refractivity contribution in [3.63, 3.8) is 0 Å². The Morgan fingerprint density at radius 2 is 2.00 bits per heavy atom. The number of aryl methyl sites for hydroxylation is 2. The summed E-state index contributed by atoms with van der Waals surface area (Å²) in [7, 11) is 0. The fourth-order valence-electron chi connectivity index (χ4n) is 2.81. The van der Waals surface area contributed by atoms with Crippen molar-refractivity contribution < 1.29 is 4.79 Å². The lowest BCUT2D eigenvalue weighted by Gasteiger charge is -2.14. The molecule has 1 aliphatic heterocycles. The predicted molar refractivity (Wildman–Crippen MR) is 89.5 cm³/mol. The van der Waals surface area contributed by atoms with Crippen molar-refractivity contribution in [1.82, 2.24) is 14.9 Å². The van der Waals surface area contributed by atoms with Crippen LogP contribution in [0.2, 0.25) is 0 Å². The number of carbonyl (C=O) groups excluding carboxylic acids is 1. The number of aromatic nitrogens is 2. The number of carbonyl (C=O) groups is 1. The molecule has 2 aromatic rings. The quantitative estimate of drug-likeness (QED) is 0.946. The van der Waals surface area contributed by atoms with Crippen molar-refractivity contribution >= 4 is 17.7 Å². The lowest BCUT2D eigenvalue weighted by molar-refractivity contribution is -0.120. The van der Waals surface area contributed by atoms with Crippen molar-refractivity contribution in [2.75, 3.05) is 6.54 Å². The van der Waals surface area contributed by atoms with E-state index < -0.39 is 0 Å². The normalized spacial score (nSPS) is 18.8. The van der Waals surface area contributed by atoms with E-state index in [0.29, 0.717) is 0 Å². The molecule has 5 heteroatoms. The van der Waals surface area contributed by atoms with E-state index in [1.807, 2.05) is 6.20 Å². The molecular formula is C17H21N3OS. The van der Waals surface area contributed by atoms with E-state index in [1.165, 1.54) is 11.1 Å². The number of benzene rings is 1. The lowest BCUT2D eigenvalue weighted by atomic mass is 10.1. The molecule has 1 aliphatic rings. The maximum atomic E-state index is 12.1. The molecule has 3 rings (SSSR count). The maximum Gasteiger partial charge on any atom is 0.233 e. The highest BCUT2D eigenvalue weighted by Gasteiger charge is 2.23. The standard InChI is InChI=1S/C17H21N3OS/c1-12-9-13(2)11-14(10-12)20-8-7-19-17(20)22-15-5-3-4-6-18-16(15)21/h7-11,15H,3-6H2,1-2H3,(H,18,21). The van der Waals surface area contributed by atoms with Crippen molar-refractivity contribution in [1.29, 1.82) is 0 Å². The van der Waals surface area contributed by atoms with Crippen molar-refractivity contribution in [3.05, 3.63) is 41.7 Å². The smallest absolute Gasteiger partial charge is 0.233 e. The number of nitrogens with one attached hydrogen (secondary N) is 1. The second kappa shape index (κ2) is 6.57. The van der Waals surface area contributed by atoms with Gasteiger partial charge in [0, 0.05) is 24.6 Å². The molecule has 0 bridgehead atoms. The number of amides is 1. The Morgan fingerprint density at radius 3 is 2.77 bits per heavy atom. The summed E-state index contributed by atoms with van der Waals surface area (Å²) in [6.07, 6.45) is 6.82. The number of hydrogen-bond donors (Lipinski definition) is 1. The number of rotatable bonds is 3. The molecule has 1 fully saturated rings. The van der Waals surface area contributed by atoms with Crippen LogP contribution >= 0.6 is 11.8 Å². The molecule has 1 amide bonds. The molecular weight excluding hydrogens is 294 g/mol. The van der Waals surface area contributed by atoms with Crippen LogP contribution in [0.1, 0.15) is 30.4 Å². The summed E-state index contributed by atoms with van der Waals surface area (Å²) in [4.78, 5) is 16.6. The summed E-state index contributed by atoms with van der Waals surface area (Å²) in [5.41, 5.74) is 3.56. The molecule has 0 saturated carbocycles. The summed E-state index contributed by atoms with van der Waals surface area (Å²) in [6.45, 7) is 4.99. The van der Waals surface area contributed by atoms with Gasteiger partial charge in [-0.1, -0.05) is 24.2 Å². The summed E-state index contributed by atoms with van der Waals surface area (Å²) in [5.74, 6) is 0.137. The van der Waals surface area contributed by atoms with E-state index in [0.717, 1.165) is 36.7 Å².